The van der Waals surface area contributed by atoms with Crippen LogP contribution >= 0.6 is 0 Å². The van der Waals surface area contributed by atoms with Crippen molar-refractivity contribution in [3.8, 4) is 28.7 Å². The van der Waals surface area contributed by atoms with Crippen molar-refractivity contribution in [1.82, 2.24) is 4.57 Å². The van der Waals surface area contributed by atoms with Crippen molar-refractivity contribution in [1.29, 1.82) is 0 Å². The predicted molar refractivity (Wildman–Crippen MR) is 134 cm³/mol. The molecule has 8 rings (SSSR count). The van der Waals surface area contributed by atoms with Crippen molar-refractivity contribution < 1.29 is 13.9 Å². The lowest BCUT2D eigenvalue weighted by atomic mass is 10.0. The highest BCUT2D eigenvalue weighted by Gasteiger charge is 2.27. The van der Waals surface area contributed by atoms with E-state index in [1.165, 1.54) is 10.9 Å². The highest BCUT2D eigenvalue weighted by Crippen LogP contribution is 2.51. The fraction of sp³-hybridized carbons (Fsp3) is 0.0667. The van der Waals surface area contributed by atoms with Crippen LogP contribution in [0, 0.1) is 0 Å². The van der Waals surface area contributed by atoms with Crippen molar-refractivity contribution in [3.63, 3.8) is 0 Å². The molecule has 2 aliphatic rings. The average Bonchev–Trinajstić information content (AvgIpc) is 3.44. The second-order valence-electron chi connectivity index (χ2n) is 8.83. The summed E-state index contributed by atoms with van der Waals surface area (Å²) in [5, 5.41) is 3.46. The topological polar surface area (TPSA) is 36.5 Å². The van der Waals surface area contributed by atoms with Gasteiger partial charge >= 0.3 is 0 Å². The summed E-state index contributed by atoms with van der Waals surface area (Å²) in [6.45, 7) is 0. The molecule has 0 atom stereocenters. The number of hydrogen-bond acceptors (Lipinski definition) is 3. The molecule has 3 heterocycles. The van der Waals surface area contributed by atoms with Gasteiger partial charge in [-0.15, -0.1) is 0 Å². The smallest absolute Gasteiger partial charge is 0.194 e. The van der Waals surface area contributed by atoms with Gasteiger partial charge in [0.2, 0.25) is 0 Å². The summed E-state index contributed by atoms with van der Waals surface area (Å²) in [7, 11) is 0. The standard InChI is InChI=1S/C30H19NO3/c1-3-11-22-18(8-1)20-16-17-27-30(34-26-15-6-5-14-25(26)32-27)28(20)31(22)23-12-7-10-21-19-9-2-4-13-24(19)33-29(21)23/h1,3-8,10-17H,2,9H2. The lowest BCUT2D eigenvalue weighted by Gasteiger charge is -2.22. The minimum atomic E-state index is 0.712. The Morgan fingerprint density at radius 3 is 2.44 bits per heavy atom. The molecule has 0 N–H and O–H groups in total. The first-order valence-electron chi connectivity index (χ1n) is 11.6. The van der Waals surface area contributed by atoms with E-state index in [2.05, 4.69) is 65.3 Å². The van der Waals surface area contributed by atoms with Gasteiger partial charge in [-0.05, 0) is 55.3 Å². The predicted octanol–water partition coefficient (Wildman–Crippen LogP) is 8.39. The molecule has 4 aromatic carbocycles. The molecule has 0 spiro atoms. The summed E-state index contributed by atoms with van der Waals surface area (Å²) in [6, 6.07) is 26.8. The van der Waals surface area contributed by atoms with Crippen LogP contribution in [0.25, 0.3) is 44.5 Å². The number of rotatable bonds is 1. The largest absolute Gasteiger partial charge is 0.454 e. The molecule has 1 aliphatic heterocycles. The monoisotopic (exact) mass is 441 g/mol. The van der Waals surface area contributed by atoms with Gasteiger partial charge in [0.25, 0.3) is 0 Å². The number of aryl methyl sites for hydroxylation is 1. The van der Waals surface area contributed by atoms with E-state index in [1.807, 2.05) is 30.3 Å². The first kappa shape index (κ1) is 18.0. The van der Waals surface area contributed by atoms with E-state index in [9.17, 15) is 0 Å². The highest BCUT2D eigenvalue weighted by molar-refractivity contribution is 6.13. The number of aromatic nitrogens is 1. The van der Waals surface area contributed by atoms with Gasteiger partial charge in [-0.1, -0.05) is 48.5 Å². The summed E-state index contributed by atoms with van der Waals surface area (Å²) in [5.74, 6) is 3.84. The maximum Gasteiger partial charge on any atom is 0.194 e. The molecule has 0 fully saturated rings. The van der Waals surface area contributed by atoms with E-state index in [0.717, 1.165) is 68.9 Å². The molecule has 0 saturated carbocycles. The van der Waals surface area contributed by atoms with Gasteiger partial charge < -0.3 is 18.5 Å². The number of allylic oxidation sites excluding steroid dienone is 1. The van der Waals surface area contributed by atoms with Crippen molar-refractivity contribution in [2.24, 2.45) is 0 Å². The molecule has 0 amide bonds. The van der Waals surface area contributed by atoms with Crippen LogP contribution in [0.1, 0.15) is 17.7 Å². The maximum atomic E-state index is 6.49. The number of hydrogen-bond donors (Lipinski definition) is 0. The molecular weight excluding hydrogens is 422 g/mol. The molecule has 2 aromatic heterocycles. The van der Waals surface area contributed by atoms with Gasteiger partial charge in [-0.25, -0.2) is 0 Å². The van der Waals surface area contributed by atoms with Crippen LogP contribution in [-0.4, -0.2) is 4.57 Å². The van der Waals surface area contributed by atoms with Crippen molar-refractivity contribution >= 4 is 38.9 Å². The Morgan fingerprint density at radius 1 is 0.676 bits per heavy atom. The first-order valence-corrected chi connectivity index (χ1v) is 11.6. The number of nitrogens with zero attached hydrogens (tertiary/aromatic N) is 1. The molecule has 162 valence electrons. The normalized spacial score (nSPS) is 14.0. The van der Waals surface area contributed by atoms with Crippen LogP contribution in [0.3, 0.4) is 0 Å². The molecule has 0 radical (unpaired) electrons. The minimum absolute atomic E-state index is 0.712. The zero-order valence-electron chi connectivity index (χ0n) is 18.2. The third kappa shape index (κ3) is 2.32. The van der Waals surface area contributed by atoms with Gasteiger partial charge in [0.05, 0.1) is 11.2 Å². The molecule has 0 unspecified atom stereocenters. The third-order valence-corrected chi connectivity index (χ3v) is 6.94. The van der Waals surface area contributed by atoms with Crippen LogP contribution in [-0.2, 0) is 6.42 Å². The Labute approximate surface area is 195 Å². The summed E-state index contributed by atoms with van der Waals surface area (Å²) >= 11 is 0. The summed E-state index contributed by atoms with van der Waals surface area (Å²) in [4.78, 5) is 0. The third-order valence-electron chi connectivity index (χ3n) is 6.94. The molecule has 6 aromatic rings. The van der Waals surface area contributed by atoms with E-state index >= 15 is 0 Å². The Bertz CT molecular complexity index is 1820. The zero-order valence-corrected chi connectivity index (χ0v) is 18.2. The average molecular weight is 441 g/mol. The summed E-state index contributed by atoms with van der Waals surface area (Å²) in [5.41, 5.74) is 5.27. The summed E-state index contributed by atoms with van der Waals surface area (Å²) in [6.07, 6.45) is 6.33. The molecular formula is C30H19NO3. The number of furan rings is 1. The van der Waals surface area contributed by atoms with Crippen molar-refractivity contribution in [2.45, 2.75) is 12.8 Å². The number of para-hydroxylation sites is 4. The van der Waals surface area contributed by atoms with Gasteiger partial charge in [-0.3, -0.25) is 0 Å². The van der Waals surface area contributed by atoms with Crippen LogP contribution in [0.15, 0.2) is 89.4 Å². The number of fused-ring (bicyclic) bond motifs is 9. The molecule has 0 bridgehead atoms. The van der Waals surface area contributed by atoms with E-state index in [1.54, 1.807) is 0 Å². The first-order chi connectivity index (χ1) is 16.9. The number of ether oxygens (including phenoxy) is 2. The lowest BCUT2D eigenvalue weighted by molar-refractivity contribution is 0.362. The molecule has 34 heavy (non-hydrogen) atoms. The second kappa shape index (κ2) is 6.55. The lowest BCUT2D eigenvalue weighted by Crippen LogP contribution is -2.02. The molecule has 1 aliphatic carbocycles. The highest BCUT2D eigenvalue weighted by atomic mass is 16.6. The van der Waals surface area contributed by atoms with Crippen molar-refractivity contribution in [2.75, 3.05) is 0 Å². The van der Waals surface area contributed by atoms with Crippen molar-refractivity contribution in [3.05, 3.63) is 96.3 Å². The maximum absolute atomic E-state index is 6.49. The van der Waals surface area contributed by atoms with E-state index in [0.29, 0.717) is 5.75 Å². The second-order valence-corrected chi connectivity index (χ2v) is 8.83. The van der Waals surface area contributed by atoms with E-state index in [4.69, 9.17) is 13.9 Å². The van der Waals surface area contributed by atoms with Gasteiger partial charge in [-0.2, -0.15) is 0 Å². The SMILES string of the molecule is C1=Cc2oc3c(-n4c5ccccc5c5ccc6c(c54)Oc4ccccc4O6)cccc3c2CC1. The Hall–Kier alpha value is -4.44. The van der Waals surface area contributed by atoms with Gasteiger partial charge in [0.1, 0.15) is 11.3 Å². The molecule has 4 nitrogen and oxygen atoms in total. The Balaban J connectivity index is 1.50. The van der Waals surface area contributed by atoms with Gasteiger partial charge in [0.15, 0.2) is 28.6 Å². The van der Waals surface area contributed by atoms with E-state index < -0.39 is 0 Å². The van der Waals surface area contributed by atoms with Crippen LogP contribution < -0.4 is 9.47 Å². The van der Waals surface area contributed by atoms with Gasteiger partial charge in [0, 0.05) is 21.7 Å². The molecule has 4 heteroatoms. The van der Waals surface area contributed by atoms with E-state index in [-0.39, 0.29) is 0 Å². The van der Waals surface area contributed by atoms with Crippen LogP contribution in [0.4, 0.5) is 0 Å². The molecule has 0 saturated heterocycles. The summed E-state index contributed by atoms with van der Waals surface area (Å²) < 4.78 is 21.5. The fourth-order valence-electron chi connectivity index (χ4n) is 5.45. The minimum Gasteiger partial charge on any atom is -0.454 e. The fourth-order valence-corrected chi connectivity index (χ4v) is 5.45. The Kier molecular flexibility index (Phi) is 3.47. The number of benzene rings is 4. The van der Waals surface area contributed by atoms with Crippen LogP contribution in [0.2, 0.25) is 0 Å². The zero-order chi connectivity index (χ0) is 22.2. The Morgan fingerprint density at radius 2 is 1.50 bits per heavy atom. The van der Waals surface area contributed by atoms with Crippen LogP contribution in [0.5, 0.6) is 23.0 Å². The quantitative estimate of drug-likeness (QED) is 0.257.